The van der Waals surface area contributed by atoms with Crippen LogP contribution in [-0.4, -0.2) is 15.9 Å². The maximum Gasteiger partial charge on any atom is 0.256 e. The van der Waals surface area contributed by atoms with Gasteiger partial charge in [0.2, 0.25) is 0 Å². The van der Waals surface area contributed by atoms with E-state index in [-0.39, 0.29) is 11.6 Å². The maximum atomic E-state index is 13.7. The van der Waals surface area contributed by atoms with E-state index in [0.29, 0.717) is 17.0 Å². The van der Waals surface area contributed by atoms with Crippen molar-refractivity contribution < 1.29 is 9.18 Å². The lowest BCUT2D eigenvalue weighted by atomic mass is 10.0. The third-order valence-corrected chi connectivity index (χ3v) is 4.04. The normalized spacial score (nSPS) is 18.5. The van der Waals surface area contributed by atoms with Gasteiger partial charge in [0.15, 0.2) is 0 Å². The summed E-state index contributed by atoms with van der Waals surface area (Å²) in [6, 6.07) is 4.69. The third-order valence-electron chi connectivity index (χ3n) is 4.04. The summed E-state index contributed by atoms with van der Waals surface area (Å²) < 4.78 is 13.7. The largest absolute Gasteiger partial charge is 0.342 e. The van der Waals surface area contributed by atoms with Crippen LogP contribution >= 0.6 is 0 Å². The number of aromatic nitrogens is 2. The predicted octanol–water partition coefficient (Wildman–Crippen LogP) is 2.92. The highest BCUT2D eigenvalue weighted by Gasteiger charge is 2.27. The molecule has 0 radical (unpaired) electrons. The van der Waals surface area contributed by atoms with E-state index >= 15 is 0 Å². The molecule has 2 N–H and O–H groups in total. The van der Waals surface area contributed by atoms with Crippen LogP contribution in [0.3, 0.4) is 0 Å². The number of nitrogens with one attached hydrogen (secondary N) is 2. The predicted molar refractivity (Wildman–Crippen MR) is 78.1 cm³/mol. The van der Waals surface area contributed by atoms with Crippen molar-refractivity contribution >= 4 is 23.2 Å². The number of rotatable bonds is 1. The molecular formula is C16H14FN3O. The number of H-pyrrole nitrogens is 1. The Kier molecular flexibility index (Phi) is 2.67. The van der Waals surface area contributed by atoms with E-state index in [9.17, 15) is 9.18 Å². The van der Waals surface area contributed by atoms with Crippen molar-refractivity contribution in [2.75, 3.05) is 5.32 Å². The Balaban J connectivity index is 1.78. The number of imidazole rings is 1. The molecule has 2 aliphatic rings. The maximum absolute atomic E-state index is 13.7. The van der Waals surface area contributed by atoms with Gasteiger partial charge in [-0.1, -0.05) is 12.1 Å². The molecule has 21 heavy (non-hydrogen) atoms. The molecular weight excluding hydrogens is 269 g/mol. The molecule has 0 unspecified atom stereocenters. The van der Waals surface area contributed by atoms with Crippen molar-refractivity contribution in [3.05, 3.63) is 46.8 Å². The fourth-order valence-corrected chi connectivity index (χ4v) is 3.00. The summed E-state index contributed by atoms with van der Waals surface area (Å²) in [5.74, 6) is -0.0309. The quantitative estimate of drug-likeness (QED) is 0.791. The molecule has 0 bridgehead atoms. The lowest BCUT2D eigenvalue weighted by Crippen LogP contribution is -2.04. The lowest BCUT2D eigenvalue weighted by Gasteiger charge is -2.07. The van der Waals surface area contributed by atoms with Gasteiger partial charge in [-0.15, -0.1) is 0 Å². The smallest absolute Gasteiger partial charge is 0.256 e. The molecule has 0 spiro atoms. The van der Waals surface area contributed by atoms with Gasteiger partial charge in [-0.25, -0.2) is 9.37 Å². The van der Waals surface area contributed by atoms with Gasteiger partial charge >= 0.3 is 0 Å². The average Bonchev–Trinajstić information content (AvgIpc) is 3.02. The van der Waals surface area contributed by atoms with Gasteiger partial charge in [-0.3, -0.25) is 4.79 Å². The minimum atomic E-state index is -0.414. The summed E-state index contributed by atoms with van der Waals surface area (Å²) in [5.41, 5.74) is 3.55. The molecule has 1 amide bonds. The van der Waals surface area contributed by atoms with Crippen molar-refractivity contribution in [3.63, 3.8) is 0 Å². The molecule has 2 heterocycles. The number of anilines is 1. The lowest BCUT2D eigenvalue weighted by molar-refractivity contribution is -0.110. The second-order valence-corrected chi connectivity index (χ2v) is 5.43. The van der Waals surface area contributed by atoms with Crippen LogP contribution in [-0.2, 0) is 17.6 Å². The summed E-state index contributed by atoms with van der Waals surface area (Å²) in [4.78, 5) is 19.8. The number of nitrogens with zero attached hydrogens (tertiary/aromatic N) is 1. The van der Waals surface area contributed by atoms with Gasteiger partial charge in [-0.2, -0.15) is 0 Å². The Morgan fingerprint density at radius 2 is 2.10 bits per heavy atom. The minimum Gasteiger partial charge on any atom is -0.342 e. The number of benzene rings is 1. The van der Waals surface area contributed by atoms with Crippen LogP contribution in [0, 0.1) is 5.82 Å². The molecule has 4 nitrogen and oxygen atoms in total. The summed E-state index contributed by atoms with van der Waals surface area (Å²) in [5, 5.41) is 2.57. The molecule has 1 aliphatic carbocycles. The zero-order valence-electron chi connectivity index (χ0n) is 11.4. The first-order chi connectivity index (χ1) is 10.2. The highest BCUT2D eigenvalue weighted by atomic mass is 19.1. The SMILES string of the molecule is O=C1Nc2c(F)cccc2C1=Cc1nc2c([nH]1)CCCC2. The van der Waals surface area contributed by atoms with Crippen LogP contribution in [0.2, 0.25) is 0 Å². The number of carbonyl (C=O) groups is 1. The Morgan fingerprint density at radius 1 is 1.24 bits per heavy atom. The molecule has 0 saturated heterocycles. The minimum absolute atomic E-state index is 0.255. The standard InChI is InChI=1S/C16H14FN3O/c17-11-5-3-4-9-10(16(21)20-15(9)11)8-14-18-12-6-1-2-7-13(12)19-14/h3-5,8H,1-2,6-7H2,(H,18,19)(H,20,21). The first-order valence-corrected chi connectivity index (χ1v) is 7.12. The number of hydrogen-bond donors (Lipinski definition) is 2. The highest BCUT2D eigenvalue weighted by molar-refractivity contribution is 6.34. The van der Waals surface area contributed by atoms with Crippen LogP contribution in [0.4, 0.5) is 10.1 Å². The van der Waals surface area contributed by atoms with Gasteiger partial charge in [0, 0.05) is 11.3 Å². The summed E-state index contributed by atoms with van der Waals surface area (Å²) in [6.07, 6.45) is 6.01. The second kappa shape index (κ2) is 4.55. The number of aryl methyl sites for hydroxylation is 2. The van der Waals surface area contributed by atoms with Crippen molar-refractivity contribution in [1.29, 1.82) is 0 Å². The molecule has 0 atom stereocenters. The van der Waals surface area contributed by atoms with Crippen LogP contribution in [0.1, 0.15) is 35.6 Å². The van der Waals surface area contributed by atoms with Crippen molar-refractivity contribution in [2.24, 2.45) is 0 Å². The van der Waals surface area contributed by atoms with Gasteiger partial charge in [0.25, 0.3) is 5.91 Å². The van der Waals surface area contributed by atoms with Crippen LogP contribution in [0.15, 0.2) is 18.2 Å². The number of amides is 1. The topological polar surface area (TPSA) is 57.8 Å². The molecule has 1 aliphatic heterocycles. The number of aromatic amines is 1. The van der Waals surface area contributed by atoms with E-state index in [1.165, 1.54) is 12.5 Å². The van der Waals surface area contributed by atoms with Crippen molar-refractivity contribution in [2.45, 2.75) is 25.7 Å². The number of halogens is 1. The monoisotopic (exact) mass is 283 g/mol. The first kappa shape index (κ1) is 12.3. The second-order valence-electron chi connectivity index (χ2n) is 5.43. The van der Waals surface area contributed by atoms with E-state index in [0.717, 1.165) is 30.7 Å². The number of fused-ring (bicyclic) bond motifs is 2. The first-order valence-electron chi connectivity index (χ1n) is 7.12. The molecule has 4 rings (SSSR count). The number of hydrogen-bond acceptors (Lipinski definition) is 2. The van der Waals surface area contributed by atoms with E-state index in [2.05, 4.69) is 15.3 Å². The molecule has 0 fully saturated rings. The summed E-state index contributed by atoms with van der Waals surface area (Å²) >= 11 is 0. The Labute approximate surface area is 121 Å². The third kappa shape index (κ3) is 1.96. The van der Waals surface area contributed by atoms with Crippen molar-refractivity contribution in [3.8, 4) is 0 Å². The van der Waals surface area contributed by atoms with Gasteiger partial charge in [0.1, 0.15) is 11.6 Å². The molecule has 1 aromatic heterocycles. The number of carbonyl (C=O) groups excluding carboxylic acids is 1. The van der Waals surface area contributed by atoms with E-state index in [1.54, 1.807) is 18.2 Å². The number of para-hydroxylation sites is 1. The average molecular weight is 283 g/mol. The summed E-state index contributed by atoms with van der Waals surface area (Å²) in [6.45, 7) is 0. The van der Waals surface area contributed by atoms with Gasteiger partial charge < -0.3 is 10.3 Å². The molecule has 1 aromatic carbocycles. The van der Waals surface area contributed by atoms with Gasteiger partial charge in [-0.05, 0) is 37.8 Å². The Morgan fingerprint density at radius 3 is 2.95 bits per heavy atom. The zero-order valence-corrected chi connectivity index (χ0v) is 11.4. The Hall–Kier alpha value is -2.43. The molecule has 5 heteroatoms. The summed E-state index contributed by atoms with van der Waals surface area (Å²) in [7, 11) is 0. The van der Waals surface area contributed by atoms with Crippen molar-refractivity contribution in [1.82, 2.24) is 9.97 Å². The van der Waals surface area contributed by atoms with Crippen LogP contribution < -0.4 is 5.32 Å². The molecule has 0 saturated carbocycles. The van der Waals surface area contributed by atoms with Gasteiger partial charge in [0.05, 0.1) is 17.0 Å². The molecule has 106 valence electrons. The fourth-order valence-electron chi connectivity index (χ4n) is 3.00. The van der Waals surface area contributed by atoms with Crippen LogP contribution in [0.25, 0.3) is 11.6 Å². The van der Waals surface area contributed by atoms with E-state index in [1.807, 2.05) is 0 Å². The molecule has 2 aromatic rings. The Bertz CT molecular complexity index is 752. The van der Waals surface area contributed by atoms with Crippen LogP contribution in [0.5, 0.6) is 0 Å². The highest BCUT2D eigenvalue weighted by Crippen LogP contribution is 2.34. The van der Waals surface area contributed by atoms with E-state index in [4.69, 9.17) is 0 Å². The zero-order chi connectivity index (χ0) is 14.4. The fraction of sp³-hybridized carbons (Fsp3) is 0.250. The van der Waals surface area contributed by atoms with E-state index < -0.39 is 5.82 Å².